The van der Waals surface area contributed by atoms with Crippen LogP contribution in [0.1, 0.15) is 79.6 Å². The van der Waals surface area contributed by atoms with Gasteiger partial charge in [-0.3, -0.25) is 0 Å². The Bertz CT molecular complexity index is 986. The van der Waals surface area contributed by atoms with Gasteiger partial charge >= 0.3 is 0 Å². The molecule has 3 aliphatic carbocycles. The molecule has 3 rings (SSSR count). The Morgan fingerprint density at radius 1 is 1.03 bits per heavy atom. The molecule has 4 heteroatoms. The predicted octanol–water partition coefficient (Wildman–Crippen LogP) is 8.12. The van der Waals surface area contributed by atoms with Gasteiger partial charge in [0.25, 0.3) is 0 Å². The van der Waals surface area contributed by atoms with E-state index < -0.39 is 16.4 Å². The summed E-state index contributed by atoms with van der Waals surface area (Å²) in [5.41, 5.74) is 6.73. The van der Waals surface area contributed by atoms with Gasteiger partial charge in [-0.1, -0.05) is 83.5 Å². The van der Waals surface area contributed by atoms with E-state index in [-0.39, 0.29) is 28.6 Å². The van der Waals surface area contributed by atoms with Gasteiger partial charge < -0.3 is 9.53 Å². The third-order valence-corrected chi connectivity index (χ3v) is 14.9. The molecule has 2 nitrogen and oxygen atoms in total. The van der Waals surface area contributed by atoms with Crippen molar-refractivity contribution in [2.45, 2.75) is 130 Å². The van der Waals surface area contributed by atoms with Crippen LogP contribution in [-0.2, 0) is 4.43 Å². The van der Waals surface area contributed by atoms with E-state index >= 15 is 0 Å². The van der Waals surface area contributed by atoms with Crippen molar-refractivity contribution in [3.05, 3.63) is 23.3 Å². The maximum atomic E-state index is 11.0. The molecule has 2 unspecified atom stereocenters. The second-order valence-electron chi connectivity index (χ2n) is 14.7. The fraction of sp³-hybridized carbons (Fsp3) is 0.750. The van der Waals surface area contributed by atoms with Crippen molar-refractivity contribution in [3.63, 3.8) is 0 Å². The number of hydrogen-bond acceptors (Lipinski definition) is 2. The molecule has 0 aliphatic heterocycles. The SMILES string of the molecule is C[C@@H]1C/C(=C/C=C2\CCC[C@@]3(C)C2CC[C@@H]3C#CC#C[Si](C)(C)C)C[C@@H](O[Si](C)(C)C(C)(C)C)C1O. The minimum Gasteiger partial charge on any atom is -0.411 e. The highest BCUT2D eigenvalue weighted by Crippen LogP contribution is 2.57. The number of allylic oxidation sites excluding steroid dienone is 3. The van der Waals surface area contributed by atoms with Crippen LogP contribution in [0.25, 0.3) is 0 Å². The molecule has 0 aromatic rings. The average molecular weight is 525 g/mol. The van der Waals surface area contributed by atoms with Crippen molar-refractivity contribution in [2.75, 3.05) is 0 Å². The van der Waals surface area contributed by atoms with Gasteiger partial charge in [-0.2, -0.15) is 0 Å². The molecule has 3 fully saturated rings. The van der Waals surface area contributed by atoms with Crippen LogP contribution in [0.5, 0.6) is 0 Å². The lowest BCUT2D eigenvalue weighted by Gasteiger charge is -2.43. The summed E-state index contributed by atoms with van der Waals surface area (Å²) < 4.78 is 6.72. The summed E-state index contributed by atoms with van der Waals surface area (Å²) in [7, 11) is -3.30. The minimum atomic E-state index is -1.93. The van der Waals surface area contributed by atoms with Crippen molar-refractivity contribution in [2.24, 2.45) is 23.2 Å². The highest BCUT2D eigenvalue weighted by Gasteiger charge is 2.48. The molecular formula is C32H52O2Si2. The first kappa shape index (κ1) is 29.5. The summed E-state index contributed by atoms with van der Waals surface area (Å²) in [5.74, 6) is 11.3. The van der Waals surface area contributed by atoms with Crippen LogP contribution < -0.4 is 0 Å². The Labute approximate surface area is 224 Å². The van der Waals surface area contributed by atoms with E-state index in [0.717, 1.165) is 12.8 Å². The number of aliphatic hydroxyl groups is 1. The van der Waals surface area contributed by atoms with Gasteiger partial charge in [0.1, 0.15) is 8.07 Å². The Hall–Kier alpha value is -1.05. The lowest BCUT2D eigenvalue weighted by Crippen LogP contribution is -2.49. The predicted molar refractivity (Wildman–Crippen MR) is 160 cm³/mol. The second kappa shape index (κ2) is 11.0. The smallest absolute Gasteiger partial charge is 0.192 e. The normalized spacial score (nSPS) is 35.6. The van der Waals surface area contributed by atoms with Gasteiger partial charge in [0.2, 0.25) is 0 Å². The van der Waals surface area contributed by atoms with E-state index in [1.807, 2.05) is 0 Å². The third kappa shape index (κ3) is 6.88. The first-order valence-corrected chi connectivity index (χ1v) is 20.7. The van der Waals surface area contributed by atoms with Gasteiger partial charge in [0.15, 0.2) is 8.32 Å². The van der Waals surface area contributed by atoms with Crippen molar-refractivity contribution in [1.29, 1.82) is 0 Å². The first-order chi connectivity index (χ1) is 16.5. The van der Waals surface area contributed by atoms with E-state index in [1.165, 1.54) is 37.7 Å². The Balaban J connectivity index is 1.76. The first-order valence-electron chi connectivity index (χ1n) is 14.3. The number of hydrogen-bond donors (Lipinski definition) is 1. The van der Waals surface area contributed by atoms with Gasteiger partial charge in [-0.15, -0.1) is 5.54 Å². The fourth-order valence-corrected chi connectivity index (χ4v) is 7.98. The van der Waals surface area contributed by atoms with Gasteiger partial charge in [0, 0.05) is 5.92 Å². The minimum absolute atomic E-state index is 0.0840. The van der Waals surface area contributed by atoms with Crippen LogP contribution in [0.2, 0.25) is 37.8 Å². The number of rotatable bonds is 3. The maximum Gasteiger partial charge on any atom is 0.192 e. The van der Waals surface area contributed by atoms with Crippen LogP contribution in [0.3, 0.4) is 0 Å². The van der Waals surface area contributed by atoms with Crippen molar-refractivity contribution in [3.8, 4) is 23.3 Å². The molecule has 200 valence electrons. The summed E-state index contributed by atoms with van der Waals surface area (Å²) in [5, 5.41) is 11.1. The van der Waals surface area contributed by atoms with Crippen LogP contribution in [-0.4, -0.2) is 33.7 Å². The van der Waals surface area contributed by atoms with Gasteiger partial charge in [-0.05, 0) is 92.2 Å². The zero-order chi connectivity index (χ0) is 26.9. The monoisotopic (exact) mass is 524 g/mol. The van der Waals surface area contributed by atoms with Crippen molar-refractivity contribution in [1.82, 2.24) is 0 Å². The summed E-state index contributed by atoms with van der Waals surface area (Å²) in [4.78, 5) is 0. The molecule has 3 aliphatic rings. The highest BCUT2D eigenvalue weighted by molar-refractivity contribution is 6.83. The van der Waals surface area contributed by atoms with Crippen molar-refractivity contribution >= 4 is 16.4 Å². The van der Waals surface area contributed by atoms with E-state index in [4.69, 9.17) is 4.43 Å². The van der Waals surface area contributed by atoms with Gasteiger partial charge in [-0.25, -0.2) is 0 Å². The van der Waals surface area contributed by atoms with Crippen molar-refractivity contribution < 1.29 is 9.53 Å². The van der Waals surface area contributed by atoms with Gasteiger partial charge in [0.05, 0.1) is 12.2 Å². The van der Waals surface area contributed by atoms with E-state index in [9.17, 15) is 5.11 Å². The topological polar surface area (TPSA) is 29.5 Å². The van der Waals surface area contributed by atoms with Crippen LogP contribution in [0.4, 0.5) is 0 Å². The quantitative estimate of drug-likeness (QED) is 0.298. The Morgan fingerprint density at radius 2 is 1.72 bits per heavy atom. The van der Waals surface area contributed by atoms with Crippen LogP contribution in [0, 0.1) is 46.5 Å². The summed E-state index contributed by atoms with van der Waals surface area (Å²) in [6, 6.07) is 0. The van der Waals surface area contributed by atoms with E-state index in [2.05, 4.69) is 103 Å². The van der Waals surface area contributed by atoms with Crippen LogP contribution >= 0.6 is 0 Å². The molecule has 0 spiro atoms. The molecule has 0 heterocycles. The molecule has 0 aromatic carbocycles. The summed E-state index contributed by atoms with van der Waals surface area (Å²) in [6.07, 6.45) is 12.4. The number of aliphatic hydroxyl groups excluding tert-OH is 1. The maximum absolute atomic E-state index is 11.0. The zero-order valence-electron chi connectivity index (χ0n) is 24.8. The largest absolute Gasteiger partial charge is 0.411 e. The highest BCUT2D eigenvalue weighted by atomic mass is 28.4. The van der Waals surface area contributed by atoms with E-state index in [0.29, 0.717) is 11.8 Å². The molecule has 0 amide bonds. The molecule has 0 saturated heterocycles. The second-order valence-corrected chi connectivity index (χ2v) is 24.2. The van der Waals surface area contributed by atoms with Crippen LogP contribution in [0.15, 0.2) is 23.3 Å². The molecule has 6 atom stereocenters. The standard InChI is InChI=1S/C32H52O2Si2/c1-24-22-25(23-29(30(24)33)34-36(9,10)31(2,3)4)16-17-26-14-13-20-32(5)27(18-19-28(26)32)15-11-12-21-35(6,7)8/h16-17,24,27-30,33H,13-14,18-20,22-23H2,1-10H3/b25-16-,26-17+/t24-,27+,28?,29-,30?,32-/m1/s1. The number of fused-ring (bicyclic) bond motifs is 1. The van der Waals surface area contributed by atoms with E-state index in [1.54, 1.807) is 5.57 Å². The fourth-order valence-electron chi connectivity index (χ4n) is 6.21. The summed E-state index contributed by atoms with van der Waals surface area (Å²) in [6.45, 7) is 22.9. The molecule has 3 saturated carbocycles. The lowest BCUT2D eigenvalue weighted by atomic mass is 9.63. The zero-order valence-corrected chi connectivity index (χ0v) is 26.8. The third-order valence-electron chi connectivity index (χ3n) is 9.51. The molecule has 0 aromatic heterocycles. The Kier molecular flexibility index (Phi) is 9.00. The molecular weight excluding hydrogens is 473 g/mol. The molecule has 0 radical (unpaired) electrons. The molecule has 0 bridgehead atoms. The molecule has 1 N–H and O–H groups in total. The lowest BCUT2D eigenvalue weighted by molar-refractivity contribution is -0.0182. The molecule has 36 heavy (non-hydrogen) atoms. The Morgan fingerprint density at radius 3 is 2.36 bits per heavy atom. The summed E-state index contributed by atoms with van der Waals surface area (Å²) >= 11 is 0. The average Bonchev–Trinajstić information content (AvgIpc) is 3.08.